The molecule has 0 aliphatic rings. The van der Waals surface area contributed by atoms with E-state index in [0.717, 1.165) is 32.8 Å². The molecule has 0 aliphatic heterocycles. The second-order valence-electron chi connectivity index (χ2n) is 3.19. The molecule has 0 atom stereocenters. The van der Waals surface area contributed by atoms with Crippen molar-refractivity contribution in [3.63, 3.8) is 0 Å². The second kappa shape index (κ2) is 9.92. The van der Waals surface area contributed by atoms with E-state index in [-0.39, 0.29) is 0 Å². The van der Waals surface area contributed by atoms with Crippen LogP contribution in [0.25, 0.3) is 0 Å². The van der Waals surface area contributed by atoms with Gasteiger partial charge in [-0.25, -0.2) is 0 Å². The van der Waals surface area contributed by atoms with Crippen LogP contribution in [0.15, 0.2) is 0 Å². The van der Waals surface area contributed by atoms with Crippen molar-refractivity contribution in [3.05, 3.63) is 0 Å². The molecule has 80 valence electrons. The molecule has 0 aromatic carbocycles. The van der Waals surface area contributed by atoms with E-state index in [9.17, 15) is 0 Å². The fourth-order valence-electron chi connectivity index (χ4n) is 1.24. The Morgan fingerprint density at radius 2 is 1.54 bits per heavy atom. The Bertz CT molecular complexity index is 82.6. The molecule has 0 bridgehead atoms. The van der Waals surface area contributed by atoms with Crippen LogP contribution in [0.4, 0.5) is 0 Å². The van der Waals surface area contributed by atoms with Crippen LogP contribution in [0.5, 0.6) is 0 Å². The summed E-state index contributed by atoms with van der Waals surface area (Å²) in [5.41, 5.74) is 3.84. The van der Waals surface area contributed by atoms with Gasteiger partial charge in [-0.2, -0.15) is 0 Å². The summed E-state index contributed by atoms with van der Waals surface area (Å²) in [6, 6.07) is 0. The molecule has 0 saturated heterocycles. The van der Waals surface area contributed by atoms with Crippen molar-refractivity contribution < 1.29 is 20.1 Å². The Kier molecular flexibility index (Phi) is 9.80. The highest BCUT2D eigenvalue weighted by atomic mass is 16.5. The molecule has 4 nitrogen and oxygen atoms in total. The third-order valence-electron chi connectivity index (χ3n) is 2.10. The van der Waals surface area contributed by atoms with Gasteiger partial charge in [0.05, 0.1) is 26.3 Å². The van der Waals surface area contributed by atoms with Gasteiger partial charge in [-0.3, -0.25) is 0 Å². The van der Waals surface area contributed by atoms with Crippen molar-refractivity contribution in [2.45, 2.75) is 6.42 Å². The summed E-state index contributed by atoms with van der Waals surface area (Å²) < 4.78 is 10.1. The Balaban J connectivity index is 3.47. The van der Waals surface area contributed by atoms with E-state index in [1.165, 1.54) is 13.0 Å². The Morgan fingerprint density at radius 1 is 1.00 bits per heavy atom. The van der Waals surface area contributed by atoms with Gasteiger partial charge in [0.1, 0.15) is 13.1 Å². The quantitative estimate of drug-likeness (QED) is 0.435. The van der Waals surface area contributed by atoms with Gasteiger partial charge >= 0.3 is 0 Å². The molecule has 0 fully saturated rings. The normalized spacial score (nSPS) is 11.1. The minimum absolute atomic E-state index is 0.830. The molecule has 4 heteroatoms. The molecule has 0 rings (SSSR count). The van der Waals surface area contributed by atoms with E-state index in [1.54, 1.807) is 19.1 Å². The summed E-state index contributed by atoms with van der Waals surface area (Å²) in [5, 5.41) is 0. The zero-order valence-corrected chi connectivity index (χ0v) is 8.97. The molecule has 0 heterocycles. The number of methoxy groups -OCH3 is 2. The van der Waals surface area contributed by atoms with Crippen LogP contribution in [0.3, 0.4) is 0 Å². The minimum atomic E-state index is 0.830. The molecule has 0 saturated carbocycles. The topological polar surface area (TPSA) is 50.5 Å². The highest BCUT2D eigenvalue weighted by molar-refractivity contribution is 4.33. The summed E-state index contributed by atoms with van der Waals surface area (Å²) in [6.07, 6.45) is 1.18. The van der Waals surface area contributed by atoms with Crippen molar-refractivity contribution in [2.75, 3.05) is 53.6 Å². The standard InChI is InChI=1S/C9H22N2O2/c1-12-8-6-11(5-3-4-10)7-9-13-2/h3-10H2,1-2H3/p+2. The Labute approximate surface area is 81.0 Å². The predicted molar refractivity (Wildman–Crippen MR) is 51.7 cm³/mol. The maximum absolute atomic E-state index is 5.05. The smallest absolute Gasteiger partial charge is 0.101 e. The fraction of sp³-hybridized carbons (Fsp3) is 1.00. The third-order valence-corrected chi connectivity index (χ3v) is 2.10. The number of hydrogen-bond donors (Lipinski definition) is 2. The van der Waals surface area contributed by atoms with Crippen molar-refractivity contribution in [1.29, 1.82) is 0 Å². The number of nitrogens with one attached hydrogen (secondary N) is 1. The van der Waals surface area contributed by atoms with Crippen LogP contribution in [-0.4, -0.2) is 53.6 Å². The van der Waals surface area contributed by atoms with E-state index in [0.29, 0.717) is 0 Å². The monoisotopic (exact) mass is 192 g/mol. The maximum atomic E-state index is 5.05. The van der Waals surface area contributed by atoms with Crippen molar-refractivity contribution in [3.8, 4) is 0 Å². The molecule has 0 aliphatic carbocycles. The van der Waals surface area contributed by atoms with Gasteiger partial charge in [0, 0.05) is 20.6 Å². The minimum Gasteiger partial charge on any atom is -0.379 e. The first-order valence-corrected chi connectivity index (χ1v) is 4.95. The van der Waals surface area contributed by atoms with E-state index in [4.69, 9.17) is 9.47 Å². The van der Waals surface area contributed by atoms with Crippen LogP contribution in [0.1, 0.15) is 6.42 Å². The van der Waals surface area contributed by atoms with Gasteiger partial charge in [0.15, 0.2) is 0 Å². The van der Waals surface area contributed by atoms with Gasteiger partial charge in [-0.15, -0.1) is 0 Å². The van der Waals surface area contributed by atoms with Crippen LogP contribution in [-0.2, 0) is 9.47 Å². The molecule has 0 radical (unpaired) electrons. The van der Waals surface area contributed by atoms with Crippen molar-refractivity contribution in [2.24, 2.45) is 0 Å². The van der Waals surface area contributed by atoms with E-state index in [2.05, 4.69) is 5.73 Å². The summed E-state index contributed by atoms with van der Waals surface area (Å²) in [7, 11) is 3.49. The average Bonchev–Trinajstić information content (AvgIpc) is 2.17. The maximum Gasteiger partial charge on any atom is 0.101 e. The molecule has 0 aromatic heterocycles. The lowest BCUT2D eigenvalue weighted by atomic mass is 10.3. The fourth-order valence-corrected chi connectivity index (χ4v) is 1.24. The molecule has 4 N–H and O–H groups in total. The number of quaternary nitrogens is 2. The summed E-state index contributed by atoms with van der Waals surface area (Å²) in [6.45, 7) is 5.99. The van der Waals surface area contributed by atoms with Gasteiger partial charge in [-0.05, 0) is 0 Å². The molecule has 0 amide bonds. The van der Waals surface area contributed by atoms with Gasteiger partial charge in [-0.1, -0.05) is 0 Å². The lowest BCUT2D eigenvalue weighted by molar-refractivity contribution is -0.901. The van der Waals surface area contributed by atoms with Crippen LogP contribution < -0.4 is 10.6 Å². The zero-order chi connectivity index (χ0) is 9.94. The number of rotatable bonds is 9. The van der Waals surface area contributed by atoms with E-state index in [1.807, 2.05) is 0 Å². The average molecular weight is 192 g/mol. The van der Waals surface area contributed by atoms with Gasteiger partial charge < -0.3 is 20.1 Å². The van der Waals surface area contributed by atoms with Crippen molar-refractivity contribution >= 4 is 0 Å². The zero-order valence-electron chi connectivity index (χ0n) is 8.97. The lowest BCUT2D eigenvalue weighted by Crippen LogP contribution is -3.13. The van der Waals surface area contributed by atoms with Crippen LogP contribution in [0, 0.1) is 0 Å². The number of ether oxygens (including phenoxy) is 2. The Morgan fingerprint density at radius 3 is 1.92 bits per heavy atom. The SMILES string of the molecule is COCC[NH+](CCC[NH3+])CCOC. The predicted octanol–water partition coefficient (Wildman–Crippen LogP) is -2.20. The third kappa shape index (κ3) is 8.18. The van der Waals surface area contributed by atoms with E-state index < -0.39 is 0 Å². The molecule has 0 aromatic rings. The summed E-state index contributed by atoms with van der Waals surface area (Å²) >= 11 is 0. The first-order valence-electron chi connectivity index (χ1n) is 4.95. The van der Waals surface area contributed by atoms with Crippen molar-refractivity contribution in [1.82, 2.24) is 0 Å². The first kappa shape index (κ1) is 12.8. The molecular weight excluding hydrogens is 168 g/mol. The van der Waals surface area contributed by atoms with Crippen LogP contribution in [0.2, 0.25) is 0 Å². The highest BCUT2D eigenvalue weighted by Crippen LogP contribution is 1.67. The second-order valence-corrected chi connectivity index (χ2v) is 3.19. The molecule has 0 unspecified atom stereocenters. The summed E-state index contributed by atoms with van der Waals surface area (Å²) in [5.74, 6) is 0. The van der Waals surface area contributed by atoms with Gasteiger partial charge in [0.25, 0.3) is 0 Å². The number of hydrogen-bond acceptors (Lipinski definition) is 2. The molecule has 0 spiro atoms. The van der Waals surface area contributed by atoms with Crippen LogP contribution >= 0.6 is 0 Å². The largest absolute Gasteiger partial charge is 0.379 e. The van der Waals surface area contributed by atoms with E-state index >= 15 is 0 Å². The molecule has 13 heavy (non-hydrogen) atoms. The highest BCUT2D eigenvalue weighted by Gasteiger charge is 2.06. The summed E-state index contributed by atoms with van der Waals surface area (Å²) in [4.78, 5) is 1.55. The lowest BCUT2D eigenvalue weighted by Gasteiger charge is -2.17. The Hall–Kier alpha value is -0.160. The van der Waals surface area contributed by atoms with Gasteiger partial charge in [0.2, 0.25) is 0 Å². The first-order chi connectivity index (χ1) is 6.35. The molecular formula is C9H24N2O2+2.